The van der Waals surface area contributed by atoms with E-state index in [1.165, 1.54) is 22.2 Å². The van der Waals surface area contributed by atoms with Crippen LogP contribution in [0.5, 0.6) is 0 Å². The number of nitrogens with zero attached hydrogens (tertiary/aromatic N) is 1. The van der Waals surface area contributed by atoms with Crippen LogP contribution in [0, 0.1) is 6.92 Å². The van der Waals surface area contributed by atoms with Gasteiger partial charge in [-0.25, -0.2) is 0 Å². The van der Waals surface area contributed by atoms with Gasteiger partial charge in [-0.3, -0.25) is 4.98 Å². The quantitative estimate of drug-likeness (QED) is 0.641. The molecule has 0 radical (unpaired) electrons. The second kappa shape index (κ2) is 5.02. The first kappa shape index (κ1) is 11.0. The molecule has 16 heavy (non-hydrogen) atoms. The Morgan fingerprint density at radius 3 is 2.50 bits per heavy atom. The maximum Gasteiger partial charge on any atom is 0.164 e. The molecule has 0 bridgehead atoms. The Morgan fingerprint density at radius 1 is 1.12 bits per heavy atom. The van der Waals surface area contributed by atoms with Crippen molar-refractivity contribution in [3.8, 4) is 0 Å². The Balaban J connectivity index is 1.97. The number of pyridine rings is 1. The average molecular weight is 207 g/mol. The lowest BCUT2D eigenvalue weighted by atomic mass is 9.66. The monoisotopic (exact) mass is 207 g/mol. The van der Waals surface area contributed by atoms with E-state index >= 15 is 0 Å². The van der Waals surface area contributed by atoms with Gasteiger partial charge in [0.2, 0.25) is 0 Å². The van der Waals surface area contributed by atoms with Crippen molar-refractivity contribution in [2.24, 2.45) is 0 Å². The Hall–Kier alpha value is -1.50. The van der Waals surface area contributed by atoms with E-state index in [0.29, 0.717) is 0 Å². The van der Waals surface area contributed by atoms with E-state index in [1.807, 2.05) is 6.20 Å². The second-order valence-corrected chi connectivity index (χ2v) is 4.31. The fourth-order valence-corrected chi connectivity index (χ4v) is 1.67. The van der Waals surface area contributed by atoms with Crippen molar-refractivity contribution in [1.29, 1.82) is 0 Å². The third-order valence-electron chi connectivity index (χ3n) is 2.76. The van der Waals surface area contributed by atoms with Gasteiger partial charge in [0.15, 0.2) is 7.28 Å². The number of aryl methyl sites for hydroxylation is 1. The standard InChI is InChI=1S/C13H15B2N/c1-10-2-5-12(6-3-10)15-8-13-7-4-11(14)9-16-13/h2-7,9,15H,8,14H2,1H3. The van der Waals surface area contributed by atoms with Crippen molar-refractivity contribution >= 4 is 26.1 Å². The van der Waals surface area contributed by atoms with Gasteiger partial charge < -0.3 is 0 Å². The predicted molar refractivity (Wildman–Crippen MR) is 74.1 cm³/mol. The van der Waals surface area contributed by atoms with Crippen molar-refractivity contribution in [3.63, 3.8) is 0 Å². The summed E-state index contributed by atoms with van der Waals surface area (Å²) in [5.74, 6) is 0. The van der Waals surface area contributed by atoms with Crippen LogP contribution in [0.3, 0.4) is 0 Å². The van der Waals surface area contributed by atoms with Crippen LogP contribution in [0.15, 0.2) is 42.6 Å². The van der Waals surface area contributed by atoms with Crippen molar-refractivity contribution in [2.45, 2.75) is 13.2 Å². The molecular weight excluding hydrogens is 192 g/mol. The molecule has 3 heteroatoms. The fraction of sp³-hybridized carbons (Fsp3) is 0.154. The molecule has 0 fully saturated rings. The van der Waals surface area contributed by atoms with Crippen LogP contribution < -0.4 is 10.9 Å². The van der Waals surface area contributed by atoms with Crippen molar-refractivity contribution in [1.82, 2.24) is 4.98 Å². The third kappa shape index (κ3) is 2.99. The van der Waals surface area contributed by atoms with Crippen molar-refractivity contribution in [2.75, 3.05) is 0 Å². The summed E-state index contributed by atoms with van der Waals surface area (Å²) < 4.78 is 0. The van der Waals surface area contributed by atoms with Crippen LogP contribution in [0.2, 0.25) is 0 Å². The van der Waals surface area contributed by atoms with Gasteiger partial charge in [0, 0.05) is 11.9 Å². The Morgan fingerprint density at radius 2 is 1.88 bits per heavy atom. The second-order valence-electron chi connectivity index (χ2n) is 4.31. The molecule has 0 unspecified atom stereocenters. The lowest BCUT2D eigenvalue weighted by Crippen LogP contribution is -2.17. The summed E-state index contributed by atoms with van der Waals surface area (Å²) in [6.45, 7) is 2.12. The van der Waals surface area contributed by atoms with Gasteiger partial charge in [0.05, 0.1) is 0 Å². The van der Waals surface area contributed by atoms with E-state index in [4.69, 9.17) is 0 Å². The molecule has 78 valence electrons. The lowest BCUT2D eigenvalue weighted by Gasteiger charge is -2.01. The molecule has 0 saturated heterocycles. The summed E-state index contributed by atoms with van der Waals surface area (Å²) in [4.78, 5) is 4.41. The SMILES string of the molecule is Bc1ccc(CBc2ccc(C)cc2)nc1. The van der Waals surface area contributed by atoms with E-state index < -0.39 is 0 Å². The highest BCUT2D eigenvalue weighted by molar-refractivity contribution is 6.52. The van der Waals surface area contributed by atoms with Crippen LogP contribution in [0.1, 0.15) is 11.3 Å². The zero-order valence-corrected chi connectivity index (χ0v) is 9.90. The molecule has 0 aliphatic heterocycles. The number of aromatic nitrogens is 1. The highest BCUT2D eigenvalue weighted by Gasteiger charge is 1.98. The van der Waals surface area contributed by atoms with E-state index in [2.05, 4.69) is 56.2 Å². The third-order valence-corrected chi connectivity index (χ3v) is 2.76. The van der Waals surface area contributed by atoms with Gasteiger partial charge in [0.25, 0.3) is 0 Å². The molecule has 1 aromatic carbocycles. The lowest BCUT2D eigenvalue weighted by molar-refractivity contribution is 1.17. The Kier molecular flexibility index (Phi) is 3.45. The molecule has 0 aliphatic rings. The van der Waals surface area contributed by atoms with Crippen molar-refractivity contribution in [3.05, 3.63) is 53.9 Å². The number of benzene rings is 1. The maximum absolute atomic E-state index is 4.41. The minimum Gasteiger partial charge on any atom is -0.263 e. The summed E-state index contributed by atoms with van der Waals surface area (Å²) in [5, 5.41) is 0. The zero-order valence-electron chi connectivity index (χ0n) is 9.90. The maximum atomic E-state index is 4.41. The molecule has 2 rings (SSSR count). The normalized spacial score (nSPS) is 10.1. The smallest absolute Gasteiger partial charge is 0.164 e. The summed E-state index contributed by atoms with van der Waals surface area (Å²) in [6, 6.07) is 13.0. The minimum atomic E-state index is 1.02. The van der Waals surface area contributed by atoms with Gasteiger partial charge in [-0.2, -0.15) is 0 Å². The first-order chi connectivity index (χ1) is 7.74. The Bertz CT molecular complexity index is 403. The molecule has 0 atom stereocenters. The summed E-state index contributed by atoms with van der Waals surface area (Å²) >= 11 is 0. The van der Waals surface area contributed by atoms with Gasteiger partial charge >= 0.3 is 0 Å². The highest BCUT2D eigenvalue weighted by atomic mass is 14.7. The van der Waals surface area contributed by atoms with Gasteiger partial charge in [0.1, 0.15) is 7.85 Å². The number of rotatable bonds is 3. The number of hydrogen-bond acceptors (Lipinski definition) is 1. The van der Waals surface area contributed by atoms with E-state index in [9.17, 15) is 0 Å². The highest BCUT2D eigenvalue weighted by Crippen LogP contribution is 1.95. The summed E-state index contributed by atoms with van der Waals surface area (Å²) in [6.07, 6.45) is 2.95. The molecule has 1 nitrogen and oxygen atoms in total. The Labute approximate surface area is 98.6 Å². The van der Waals surface area contributed by atoms with Gasteiger partial charge in [-0.05, 0) is 19.3 Å². The molecule has 0 amide bonds. The van der Waals surface area contributed by atoms with Crippen molar-refractivity contribution < 1.29 is 0 Å². The molecule has 0 N–H and O–H groups in total. The minimum absolute atomic E-state index is 1.02. The topological polar surface area (TPSA) is 12.9 Å². The molecule has 0 saturated carbocycles. The van der Waals surface area contributed by atoms with Crippen LogP contribution in [0.4, 0.5) is 0 Å². The van der Waals surface area contributed by atoms with Crippen LogP contribution in [-0.4, -0.2) is 20.1 Å². The van der Waals surface area contributed by atoms with E-state index in [1.54, 1.807) is 0 Å². The molecule has 0 aliphatic carbocycles. The molecule has 2 aromatic rings. The first-order valence-electron chi connectivity index (χ1n) is 5.71. The van der Waals surface area contributed by atoms with E-state index in [0.717, 1.165) is 13.6 Å². The fourth-order valence-electron chi connectivity index (χ4n) is 1.67. The molecule has 0 spiro atoms. The zero-order chi connectivity index (χ0) is 11.4. The summed E-state index contributed by atoms with van der Waals surface area (Å²) in [5.41, 5.74) is 5.09. The largest absolute Gasteiger partial charge is 0.263 e. The van der Waals surface area contributed by atoms with E-state index in [-0.39, 0.29) is 0 Å². The van der Waals surface area contributed by atoms with Crippen LogP contribution >= 0.6 is 0 Å². The molecule has 1 heterocycles. The van der Waals surface area contributed by atoms with Crippen LogP contribution in [0.25, 0.3) is 0 Å². The predicted octanol–water partition coefficient (Wildman–Crippen LogP) is -0.0896. The molecule has 1 aromatic heterocycles. The average Bonchev–Trinajstić information content (AvgIpc) is 2.30. The van der Waals surface area contributed by atoms with Gasteiger partial charge in [-0.1, -0.05) is 46.8 Å². The molecular formula is C13H15B2N. The summed E-state index contributed by atoms with van der Waals surface area (Å²) in [7, 11) is 3.13. The first-order valence-corrected chi connectivity index (χ1v) is 5.71. The van der Waals surface area contributed by atoms with Crippen LogP contribution in [-0.2, 0) is 6.32 Å². The number of hydrogen-bond donors (Lipinski definition) is 0. The van der Waals surface area contributed by atoms with Gasteiger partial charge in [-0.15, -0.1) is 0 Å².